The van der Waals surface area contributed by atoms with Crippen molar-refractivity contribution in [3.8, 4) is 5.75 Å². The van der Waals surface area contributed by atoms with Crippen LogP contribution >= 0.6 is 0 Å². The van der Waals surface area contributed by atoms with Gasteiger partial charge in [0.15, 0.2) is 5.96 Å². The number of rotatable bonds is 7. The molecule has 0 spiro atoms. The number of guanidine groups is 1. The highest BCUT2D eigenvalue weighted by atomic mass is 16.5. The van der Waals surface area contributed by atoms with E-state index in [-0.39, 0.29) is 0 Å². The van der Waals surface area contributed by atoms with Gasteiger partial charge in [0.2, 0.25) is 0 Å². The van der Waals surface area contributed by atoms with E-state index in [0.29, 0.717) is 13.1 Å². The standard InChI is InChI=1S/C22H32N6O/c1-4-27-11-13-28(14-12-27)21-15-19(9-10-24-21)17-26-22(23-2)25-16-18-5-7-20(29-3)8-6-18/h5-10,15H,4,11-14,16-17H2,1-3H3,(H2,23,25,26). The molecule has 29 heavy (non-hydrogen) atoms. The van der Waals surface area contributed by atoms with Gasteiger partial charge in [-0.15, -0.1) is 0 Å². The van der Waals surface area contributed by atoms with Crippen LogP contribution in [0.1, 0.15) is 18.1 Å². The second-order valence-corrected chi connectivity index (χ2v) is 7.07. The minimum atomic E-state index is 0.701. The van der Waals surface area contributed by atoms with E-state index in [2.05, 4.69) is 49.5 Å². The topological polar surface area (TPSA) is 65.0 Å². The van der Waals surface area contributed by atoms with Crippen molar-refractivity contribution < 1.29 is 4.74 Å². The number of hydrogen-bond donors (Lipinski definition) is 2. The molecule has 2 heterocycles. The van der Waals surface area contributed by atoms with Crippen LogP contribution in [-0.4, -0.2) is 62.7 Å². The molecular formula is C22H32N6O. The molecule has 1 aromatic carbocycles. The number of anilines is 1. The summed E-state index contributed by atoms with van der Waals surface area (Å²) in [6.45, 7) is 9.00. The van der Waals surface area contributed by atoms with Gasteiger partial charge in [-0.2, -0.15) is 0 Å². The van der Waals surface area contributed by atoms with Crippen molar-refractivity contribution in [2.45, 2.75) is 20.0 Å². The lowest BCUT2D eigenvalue weighted by molar-refractivity contribution is 0.270. The third kappa shape index (κ3) is 6.09. The van der Waals surface area contributed by atoms with Gasteiger partial charge in [0.1, 0.15) is 11.6 Å². The van der Waals surface area contributed by atoms with Crippen molar-refractivity contribution >= 4 is 11.8 Å². The van der Waals surface area contributed by atoms with Crippen LogP contribution in [0.3, 0.4) is 0 Å². The molecule has 0 saturated carbocycles. The molecule has 1 aliphatic heterocycles. The number of hydrogen-bond acceptors (Lipinski definition) is 5. The fourth-order valence-corrected chi connectivity index (χ4v) is 3.37. The first-order valence-corrected chi connectivity index (χ1v) is 10.2. The third-order valence-corrected chi connectivity index (χ3v) is 5.26. The Morgan fingerprint density at radius 1 is 1.03 bits per heavy atom. The SMILES string of the molecule is CCN1CCN(c2cc(CNC(=NC)NCc3ccc(OC)cc3)ccn2)CC1. The summed E-state index contributed by atoms with van der Waals surface area (Å²) in [7, 11) is 3.46. The van der Waals surface area contributed by atoms with Crippen LogP contribution in [0.25, 0.3) is 0 Å². The second kappa shape index (κ2) is 10.7. The number of ether oxygens (including phenoxy) is 1. The van der Waals surface area contributed by atoms with Gasteiger partial charge in [-0.1, -0.05) is 19.1 Å². The molecule has 1 fully saturated rings. The summed E-state index contributed by atoms with van der Waals surface area (Å²) in [4.78, 5) is 13.7. The van der Waals surface area contributed by atoms with Gasteiger partial charge in [0, 0.05) is 52.5 Å². The summed E-state index contributed by atoms with van der Waals surface area (Å²) in [5.74, 6) is 2.69. The molecule has 2 N–H and O–H groups in total. The van der Waals surface area contributed by atoms with Crippen molar-refractivity contribution in [2.24, 2.45) is 4.99 Å². The Hall–Kier alpha value is -2.80. The molecule has 0 atom stereocenters. The van der Waals surface area contributed by atoms with E-state index < -0.39 is 0 Å². The van der Waals surface area contributed by atoms with Crippen molar-refractivity contribution in [1.29, 1.82) is 0 Å². The number of piperazine rings is 1. The molecule has 0 unspecified atom stereocenters. The highest BCUT2D eigenvalue weighted by Crippen LogP contribution is 2.15. The van der Waals surface area contributed by atoms with Crippen molar-refractivity contribution in [1.82, 2.24) is 20.5 Å². The average molecular weight is 397 g/mol. The van der Waals surface area contributed by atoms with Crippen LogP contribution in [0.5, 0.6) is 5.75 Å². The Balaban J connectivity index is 1.50. The first-order chi connectivity index (χ1) is 14.2. The van der Waals surface area contributed by atoms with Crippen LogP contribution in [-0.2, 0) is 13.1 Å². The van der Waals surface area contributed by atoms with Crippen molar-refractivity contribution in [3.05, 3.63) is 53.7 Å². The largest absolute Gasteiger partial charge is 0.497 e. The van der Waals surface area contributed by atoms with Crippen LogP contribution in [0.4, 0.5) is 5.82 Å². The Morgan fingerprint density at radius 2 is 1.72 bits per heavy atom. The number of likely N-dealkylation sites (N-methyl/N-ethyl adjacent to an activating group) is 1. The number of nitrogens with one attached hydrogen (secondary N) is 2. The zero-order valence-electron chi connectivity index (χ0n) is 17.7. The number of benzene rings is 1. The molecule has 0 radical (unpaired) electrons. The average Bonchev–Trinajstić information content (AvgIpc) is 2.80. The minimum absolute atomic E-state index is 0.701. The van der Waals surface area contributed by atoms with Crippen LogP contribution in [0, 0.1) is 0 Å². The Kier molecular flexibility index (Phi) is 7.69. The quantitative estimate of drug-likeness (QED) is 0.552. The molecule has 0 amide bonds. The van der Waals surface area contributed by atoms with Gasteiger partial charge >= 0.3 is 0 Å². The highest BCUT2D eigenvalue weighted by Gasteiger charge is 2.16. The molecule has 7 nitrogen and oxygen atoms in total. The summed E-state index contributed by atoms with van der Waals surface area (Å²) in [6, 6.07) is 12.2. The maximum absolute atomic E-state index is 5.20. The van der Waals surface area contributed by atoms with E-state index in [4.69, 9.17) is 4.74 Å². The van der Waals surface area contributed by atoms with Gasteiger partial charge in [0.25, 0.3) is 0 Å². The Morgan fingerprint density at radius 3 is 2.34 bits per heavy atom. The fraction of sp³-hybridized carbons (Fsp3) is 0.455. The predicted octanol–water partition coefficient (Wildman–Crippen LogP) is 2.10. The Labute approximate surface area is 173 Å². The summed E-state index contributed by atoms with van der Waals surface area (Å²) in [6.07, 6.45) is 1.89. The number of methoxy groups -OCH3 is 1. The predicted molar refractivity (Wildman–Crippen MR) is 119 cm³/mol. The smallest absolute Gasteiger partial charge is 0.191 e. The first-order valence-electron chi connectivity index (χ1n) is 10.2. The normalized spacial score (nSPS) is 15.3. The molecule has 0 aliphatic carbocycles. The van der Waals surface area contributed by atoms with E-state index in [1.807, 2.05) is 30.5 Å². The number of aromatic nitrogens is 1. The van der Waals surface area contributed by atoms with Crippen LogP contribution in [0.15, 0.2) is 47.6 Å². The van der Waals surface area contributed by atoms with Gasteiger partial charge in [-0.05, 0) is 41.9 Å². The third-order valence-electron chi connectivity index (χ3n) is 5.26. The molecule has 0 bridgehead atoms. The minimum Gasteiger partial charge on any atom is -0.497 e. The molecule has 1 aromatic heterocycles. The summed E-state index contributed by atoms with van der Waals surface area (Å²) < 4.78 is 5.20. The second-order valence-electron chi connectivity index (χ2n) is 7.07. The van der Waals surface area contributed by atoms with Gasteiger partial charge in [0.05, 0.1) is 7.11 Å². The van der Waals surface area contributed by atoms with Crippen LogP contribution < -0.4 is 20.3 Å². The lowest BCUT2D eigenvalue weighted by Crippen LogP contribution is -2.46. The molecule has 2 aromatic rings. The highest BCUT2D eigenvalue weighted by molar-refractivity contribution is 5.79. The van der Waals surface area contributed by atoms with Crippen molar-refractivity contribution in [2.75, 3.05) is 51.8 Å². The van der Waals surface area contributed by atoms with Gasteiger partial charge in [-0.25, -0.2) is 4.98 Å². The van der Waals surface area contributed by atoms with E-state index >= 15 is 0 Å². The maximum Gasteiger partial charge on any atom is 0.191 e. The number of nitrogens with zero attached hydrogens (tertiary/aromatic N) is 4. The molecule has 7 heteroatoms. The molecule has 3 rings (SSSR count). The summed E-state index contributed by atoms with van der Waals surface area (Å²) >= 11 is 0. The summed E-state index contributed by atoms with van der Waals surface area (Å²) in [5.41, 5.74) is 2.37. The number of pyridine rings is 1. The van der Waals surface area contributed by atoms with Gasteiger partial charge < -0.3 is 25.2 Å². The first kappa shape index (κ1) is 20.9. The maximum atomic E-state index is 5.20. The van der Waals surface area contributed by atoms with E-state index in [1.165, 1.54) is 11.1 Å². The molecule has 1 saturated heterocycles. The molecular weight excluding hydrogens is 364 g/mol. The van der Waals surface area contributed by atoms with Crippen LogP contribution in [0.2, 0.25) is 0 Å². The lowest BCUT2D eigenvalue weighted by Gasteiger charge is -2.34. The molecule has 156 valence electrons. The monoisotopic (exact) mass is 396 g/mol. The zero-order chi connectivity index (χ0) is 20.5. The molecule has 1 aliphatic rings. The van der Waals surface area contributed by atoms with E-state index in [1.54, 1.807) is 14.2 Å². The fourth-order valence-electron chi connectivity index (χ4n) is 3.37. The van der Waals surface area contributed by atoms with Gasteiger partial charge in [-0.3, -0.25) is 4.99 Å². The van der Waals surface area contributed by atoms with E-state index in [9.17, 15) is 0 Å². The zero-order valence-corrected chi connectivity index (χ0v) is 17.7. The summed E-state index contributed by atoms with van der Waals surface area (Å²) in [5, 5.41) is 6.73. The van der Waals surface area contributed by atoms with E-state index in [0.717, 1.165) is 50.3 Å². The lowest BCUT2D eigenvalue weighted by atomic mass is 10.2. The Bertz CT molecular complexity index is 784. The number of aliphatic imine (C=N–C) groups is 1. The van der Waals surface area contributed by atoms with Crippen molar-refractivity contribution in [3.63, 3.8) is 0 Å².